The molecule has 2 aromatic rings. The first kappa shape index (κ1) is 13.9. The molecule has 2 aromatic heterocycles. The molecule has 106 valence electrons. The Morgan fingerprint density at radius 1 is 1.60 bits per heavy atom. The van der Waals surface area contributed by atoms with E-state index < -0.39 is 17.3 Å². The number of nitrogens with one attached hydrogen (secondary N) is 1. The number of aromatic nitrogens is 3. The second kappa shape index (κ2) is 6.11. The summed E-state index contributed by atoms with van der Waals surface area (Å²) >= 11 is 0. The summed E-state index contributed by atoms with van der Waals surface area (Å²) in [6, 6.07) is 1.10. The molecule has 0 unspecified atom stereocenters. The SMILES string of the molecule is COCCn1cc(Nc2nccc(C(=O)O)c2F)cn1. The van der Waals surface area contributed by atoms with E-state index in [1.54, 1.807) is 18.0 Å². The maximum atomic E-state index is 13.9. The molecule has 0 fully saturated rings. The van der Waals surface area contributed by atoms with Gasteiger partial charge in [-0.3, -0.25) is 4.68 Å². The topological polar surface area (TPSA) is 89.3 Å². The fourth-order valence-corrected chi connectivity index (χ4v) is 1.57. The maximum absolute atomic E-state index is 13.9. The molecule has 0 spiro atoms. The lowest BCUT2D eigenvalue weighted by Gasteiger charge is -2.05. The number of carboxylic acids is 1. The molecule has 0 saturated heterocycles. The number of anilines is 2. The standard InChI is InChI=1S/C12H13FN4O3/c1-20-5-4-17-7-8(6-15-17)16-11-10(13)9(12(18)19)2-3-14-11/h2-3,6-7H,4-5H2,1H3,(H,14,16)(H,18,19). The van der Waals surface area contributed by atoms with Crippen molar-refractivity contribution in [1.82, 2.24) is 14.8 Å². The Labute approximate surface area is 114 Å². The molecule has 0 bridgehead atoms. The van der Waals surface area contributed by atoms with Crippen molar-refractivity contribution in [1.29, 1.82) is 0 Å². The van der Waals surface area contributed by atoms with E-state index in [1.807, 2.05) is 0 Å². The zero-order chi connectivity index (χ0) is 14.5. The van der Waals surface area contributed by atoms with Crippen LogP contribution in [0.4, 0.5) is 15.9 Å². The Hall–Kier alpha value is -2.48. The highest BCUT2D eigenvalue weighted by atomic mass is 19.1. The largest absolute Gasteiger partial charge is 0.478 e. The number of rotatable bonds is 6. The summed E-state index contributed by atoms with van der Waals surface area (Å²) in [6.07, 6.45) is 4.36. The summed E-state index contributed by atoms with van der Waals surface area (Å²) in [6.45, 7) is 1.06. The van der Waals surface area contributed by atoms with E-state index in [0.29, 0.717) is 18.8 Å². The van der Waals surface area contributed by atoms with Crippen LogP contribution in [0.15, 0.2) is 24.7 Å². The van der Waals surface area contributed by atoms with E-state index in [0.717, 1.165) is 6.07 Å². The number of hydrogen-bond acceptors (Lipinski definition) is 5. The van der Waals surface area contributed by atoms with Gasteiger partial charge in [-0.05, 0) is 6.07 Å². The van der Waals surface area contributed by atoms with Crippen LogP contribution in [-0.4, -0.2) is 39.6 Å². The molecule has 0 atom stereocenters. The normalized spacial score (nSPS) is 10.5. The molecule has 0 aromatic carbocycles. The Kier molecular flexibility index (Phi) is 4.26. The van der Waals surface area contributed by atoms with Crippen LogP contribution in [0.1, 0.15) is 10.4 Å². The highest BCUT2D eigenvalue weighted by molar-refractivity contribution is 5.89. The lowest BCUT2D eigenvalue weighted by atomic mass is 10.2. The van der Waals surface area contributed by atoms with Gasteiger partial charge in [-0.1, -0.05) is 0 Å². The van der Waals surface area contributed by atoms with Gasteiger partial charge in [0.15, 0.2) is 11.6 Å². The van der Waals surface area contributed by atoms with Crippen molar-refractivity contribution in [3.8, 4) is 0 Å². The molecule has 0 amide bonds. The molecule has 0 aliphatic carbocycles. The third-order valence-electron chi connectivity index (χ3n) is 2.54. The van der Waals surface area contributed by atoms with Crippen LogP contribution in [0.5, 0.6) is 0 Å². The Bertz CT molecular complexity index is 614. The quantitative estimate of drug-likeness (QED) is 0.833. The van der Waals surface area contributed by atoms with Crippen LogP contribution < -0.4 is 5.32 Å². The molecule has 2 heterocycles. The maximum Gasteiger partial charge on any atom is 0.338 e. The molecule has 0 radical (unpaired) electrons. The van der Waals surface area contributed by atoms with Gasteiger partial charge in [0.25, 0.3) is 0 Å². The second-order valence-electron chi connectivity index (χ2n) is 3.94. The number of carbonyl (C=O) groups is 1. The fourth-order valence-electron chi connectivity index (χ4n) is 1.57. The van der Waals surface area contributed by atoms with Crippen LogP contribution in [-0.2, 0) is 11.3 Å². The molecule has 0 saturated carbocycles. The predicted octanol–water partition coefficient (Wildman–Crippen LogP) is 1.51. The summed E-state index contributed by atoms with van der Waals surface area (Å²) in [7, 11) is 1.58. The van der Waals surface area contributed by atoms with Gasteiger partial charge < -0.3 is 15.2 Å². The van der Waals surface area contributed by atoms with Crippen LogP contribution in [0.3, 0.4) is 0 Å². The van der Waals surface area contributed by atoms with E-state index in [4.69, 9.17) is 9.84 Å². The number of ether oxygens (including phenoxy) is 1. The fraction of sp³-hybridized carbons (Fsp3) is 0.250. The second-order valence-corrected chi connectivity index (χ2v) is 3.94. The highest BCUT2D eigenvalue weighted by Crippen LogP contribution is 2.19. The average Bonchev–Trinajstić information content (AvgIpc) is 2.86. The van der Waals surface area contributed by atoms with Crippen LogP contribution in [0.25, 0.3) is 0 Å². The summed E-state index contributed by atoms with van der Waals surface area (Å²) in [5, 5.41) is 15.6. The van der Waals surface area contributed by atoms with Crippen molar-refractivity contribution in [3.05, 3.63) is 36.0 Å². The van der Waals surface area contributed by atoms with Gasteiger partial charge in [-0.15, -0.1) is 0 Å². The van der Waals surface area contributed by atoms with Crippen molar-refractivity contribution < 1.29 is 19.0 Å². The Morgan fingerprint density at radius 3 is 3.10 bits per heavy atom. The van der Waals surface area contributed by atoms with Crippen LogP contribution in [0.2, 0.25) is 0 Å². The summed E-state index contributed by atoms with van der Waals surface area (Å²) in [5.41, 5.74) is 0.0734. The number of pyridine rings is 1. The van der Waals surface area contributed by atoms with E-state index in [9.17, 15) is 9.18 Å². The van der Waals surface area contributed by atoms with Gasteiger partial charge in [0, 0.05) is 19.5 Å². The molecule has 2 N–H and O–H groups in total. The molecule has 8 heteroatoms. The first-order valence-electron chi connectivity index (χ1n) is 5.78. The van der Waals surface area contributed by atoms with Gasteiger partial charge in [-0.2, -0.15) is 5.10 Å². The zero-order valence-corrected chi connectivity index (χ0v) is 10.7. The predicted molar refractivity (Wildman–Crippen MR) is 68.5 cm³/mol. The van der Waals surface area contributed by atoms with Gasteiger partial charge >= 0.3 is 5.97 Å². The third-order valence-corrected chi connectivity index (χ3v) is 2.54. The minimum atomic E-state index is -1.34. The van der Waals surface area contributed by atoms with E-state index in [1.165, 1.54) is 12.4 Å². The molecular weight excluding hydrogens is 267 g/mol. The third kappa shape index (κ3) is 3.09. The van der Waals surface area contributed by atoms with Crippen LogP contribution >= 0.6 is 0 Å². The molecule has 7 nitrogen and oxygen atoms in total. The Morgan fingerprint density at radius 2 is 2.40 bits per heavy atom. The lowest BCUT2D eigenvalue weighted by molar-refractivity contribution is 0.0692. The number of nitrogens with zero attached hydrogens (tertiary/aromatic N) is 3. The average molecular weight is 280 g/mol. The van der Waals surface area contributed by atoms with Crippen molar-refractivity contribution in [2.75, 3.05) is 19.0 Å². The molecule has 20 heavy (non-hydrogen) atoms. The molecule has 0 aliphatic rings. The number of methoxy groups -OCH3 is 1. The number of carboxylic acid groups (broad SMARTS) is 1. The van der Waals surface area contributed by atoms with E-state index >= 15 is 0 Å². The molecule has 2 rings (SSSR count). The smallest absolute Gasteiger partial charge is 0.338 e. The highest BCUT2D eigenvalue weighted by Gasteiger charge is 2.15. The van der Waals surface area contributed by atoms with Crippen molar-refractivity contribution >= 4 is 17.5 Å². The Balaban J connectivity index is 2.16. The summed E-state index contributed by atoms with van der Waals surface area (Å²) < 4.78 is 20.4. The van der Waals surface area contributed by atoms with Gasteiger partial charge in [0.05, 0.1) is 25.0 Å². The van der Waals surface area contributed by atoms with Crippen LogP contribution in [0, 0.1) is 5.82 Å². The van der Waals surface area contributed by atoms with E-state index in [-0.39, 0.29) is 5.82 Å². The lowest BCUT2D eigenvalue weighted by Crippen LogP contribution is -2.05. The van der Waals surface area contributed by atoms with Gasteiger partial charge in [-0.25, -0.2) is 14.2 Å². The monoisotopic (exact) mass is 280 g/mol. The molecular formula is C12H13FN4O3. The van der Waals surface area contributed by atoms with Crippen molar-refractivity contribution in [3.63, 3.8) is 0 Å². The first-order chi connectivity index (χ1) is 9.61. The molecule has 0 aliphatic heterocycles. The van der Waals surface area contributed by atoms with Crippen molar-refractivity contribution in [2.45, 2.75) is 6.54 Å². The van der Waals surface area contributed by atoms with Gasteiger partial charge in [0.1, 0.15) is 5.56 Å². The minimum absolute atomic E-state index is 0.156. The summed E-state index contributed by atoms with van der Waals surface area (Å²) in [5.74, 6) is -2.41. The number of aromatic carboxylic acids is 1. The number of hydrogen-bond donors (Lipinski definition) is 2. The van der Waals surface area contributed by atoms with E-state index in [2.05, 4.69) is 15.4 Å². The van der Waals surface area contributed by atoms with Gasteiger partial charge in [0.2, 0.25) is 0 Å². The number of halogens is 1. The summed E-state index contributed by atoms with van der Waals surface area (Å²) in [4.78, 5) is 14.6. The van der Waals surface area contributed by atoms with Crippen molar-refractivity contribution in [2.24, 2.45) is 0 Å². The zero-order valence-electron chi connectivity index (χ0n) is 10.7. The minimum Gasteiger partial charge on any atom is -0.478 e. The first-order valence-corrected chi connectivity index (χ1v) is 5.78.